The summed E-state index contributed by atoms with van der Waals surface area (Å²) >= 11 is 0. The molecule has 0 spiro atoms. The van der Waals surface area contributed by atoms with Gasteiger partial charge >= 0.3 is 0 Å². The predicted molar refractivity (Wildman–Crippen MR) is 73.6 cm³/mol. The van der Waals surface area contributed by atoms with E-state index in [2.05, 4.69) is 15.2 Å². The standard InChI is InChI=1S/C14H15N5O/c1-19-8-7-12(17-19)13-16-14(20-18-13)11(15)9-10-5-3-2-4-6-10/h2-8,11H,9,15H2,1H3/t11-/m0/s1. The van der Waals surface area contributed by atoms with E-state index in [1.807, 2.05) is 49.6 Å². The Kier molecular flexibility index (Phi) is 3.30. The molecule has 0 aliphatic carbocycles. The molecule has 1 aromatic carbocycles. The van der Waals surface area contributed by atoms with Crippen molar-refractivity contribution in [2.24, 2.45) is 12.8 Å². The summed E-state index contributed by atoms with van der Waals surface area (Å²) in [5.41, 5.74) is 7.91. The summed E-state index contributed by atoms with van der Waals surface area (Å²) in [4.78, 5) is 4.31. The number of nitrogens with zero attached hydrogens (tertiary/aromatic N) is 4. The Hall–Kier alpha value is -2.47. The highest BCUT2D eigenvalue weighted by Gasteiger charge is 2.17. The number of nitrogens with two attached hydrogens (primary N) is 1. The van der Waals surface area contributed by atoms with E-state index in [-0.39, 0.29) is 6.04 Å². The average Bonchev–Trinajstić information content (AvgIpc) is 3.08. The smallest absolute Gasteiger partial charge is 0.244 e. The van der Waals surface area contributed by atoms with E-state index in [9.17, 15) is 0 Å². The fourth-order valence-corrected chi connectivity index (χ4v) is 1.98. The lowest BCUT2D eigenvalue weighted by molar-refractivity contribution is 0.354. The summed E-state index contributed by atoms with van der Waals surface area (Å²) in [5, 5.41) is 8.15. The lowest BCUT2D eigenvalue weighted by atomic mass is 10.1. The van der Waals surface area contributed by atoms with E-state index < -0.39 is 0 Å². The van der Waals surface area contributed by atoms with E-state index in [0.29, 0.717) is 23.8 Å². The maximum absolute atomic E-state index is 6.10. The number of benzene rings is 1. The van der Waals surface area contributed by atoms with Crippen LogP contribution in [0.3, 0.4) is 0 Å². The van der Waals surface area contributed by atoms with Crippen LogP contribution in [0, 0.1) is 0 Å². The van der Waals surface area contributed by atoms with Crippen LogP contribution in [0.5, 0.6) is 0 Å². The quantitative estimate of drug-likeness (QED) is 0.779. The molecule has 0 aliphatic rings. The van der Waals surface area contributed by atoms with Crippen molar-refractivity contribution in [2.45, 2.75) is 12.5 Å². The van der Waals surface area contributed by atoms with Gasteiger partial charge in [-0.25, -0.2) is 0 Å². The Bertz CT molecular complexity index is 688. The van der Waals surface area contributed by atoms with Gasteiger partial charge in [0.1, 0.15) is 5.69 Å². The molecular weight excluding hydrogens is 254 g/mol. The third-order valence-electron chi connectivity index (χ3n) is 3.00. The molecule has 2 heterocycles. The van der Waals surface area contributed by atoms with Gasteiger partial charge in [0.2, 0.25) is 11.7 Å². The van der Waals surface area contributed by atoms with Crippen LogP contribution in [0.25, 0.3) is 11.5 Å². The molecule has 0 aliphatic heterocycles. The largest absolute Gasteiger partial charge is 0.337 e. The van der Waals surface area contributed by atoms with Crippen molar-refractivity contribution in [1.82, 2.24) is 19.9 Å². The van der Waals surface area contributed by atoms with Crippen LogP contribution in [0.15, 0.2) is 47.1 Å². The van der Waals surface area contributed by atoms with Crippen LogP contribution in [0.1, 0.15) is 17.5 Å². The van der Waals surface area contributed by atoms with E-state index in [1.54, 1.807) is 4.68 Å². The lowest BCUT2D eigenvalue weighted by Gasteiger charge is -2.05. The molecule has 6 heteroatoms. The third-order valence-corrected chi connectivity index (χ3v) is 3.00. The van der Waals surface area contributed by atoms with Gasteiger partial charge in [0.15, 0.2) is 0 Å². The zero-order valence-corrected chi connectivity index (χ0v) is 11.1. The number of hydrogen-bond acceptors (Lipinski definition) is 5. The second-order valence-corrected chi connectivity index (χ2v) is 4.63. The minimum absolute atomic E-state index is 0.317. The molecule has 0 bridgehead atoms. The highest BCUT2D eigenvalue weighted by atomic mass is 16.5. The molecule has 6 nitrogen and oxygen atoms in total. The number of aromatic nitrogens is 4. The Labute approximate surface area is 116 Å². The first-order valence-corrected chi connectivity index (χ1v) is 6.35. The average molecular weight is 269 g/mol. The van der Waals surface area contributed by atoms with Crippen molar-refractivity contribution in [3.05, 3.63) is 54.0 Å². The summed E-state index contributed by atoms with van der Waals surface area (Å²) < 4.78 is 6.92. The molecule has 1 atom stereocenters. The molecule has 20 heavy (non-hydrogen) atoms. The van der Waals surface area contributed by atoms with Crippen LogP contribution in [-0.4, -0.2) is 19.9 Å². The van der Waals surface area contributed by atoms with Crippen LogP contribution in [0.4, 0.5) is 0 Å². The Morgan fingerprint density at radius 2 is 2.05 bits per heavy atom. The number of rotatable bonds is 4. The molecule has 0 saturated carbocycles. The van der Waals surface area contributed by atoms with Crippen molar-refractivity contribution < 1.29 is 4.52 Å². The van der Waals surface area contributed by atoms with E-state index in [4.69, 9.17) is 10.3 Å². The molecule has 0 unspecified atom stereocenters. The molecule has 102 valence electrons. The summed E-state index contributed by atoms with van der Waals surface area (Å²) in [7, 11) is 1.84. The second-order valence-electron chi connectivity index (χ2n) is 4.63. The molecular formula is C14H15N5O. The molecule has 2 aromatic heterocycles. The van der Waals surface area contributed by atoms with Crippen LogP contribution >= 0.6 is 0 Å². The van der Waals surface area contributed by atoms with Gasteiger partial charge in [-0.2, -0.15) is 10.1 Å². The van der Waals surface area contributed by atoms with Crippen molar-refractivity contribution in [3.63, 3.8) is 0 Å². The zero-order valence-electron chi connectivity index (χ0n) is 11.1. The van der Waals surface area contributed by atoms with Crippen molar-refractivity contribution in [3.8, 4) is 11.5 Å². The lowest BCUT2D eigenvalue weighted by Crippen LogP contribution is -2.13. The van der Waals surface area contributed by atoms with Gasteiger partial charge in [0.05, 0.1) is 6.04 Å². The first kappa shape index (κ1) is 12.6. The maximum atomic E-state index is 6.10. The summed E-state index contributed by atoms with van der Waals surface area (Å²) in [6.07, 6.45) is 2.49. The van der Waals surface area contributed by atoms with Crippen LogP contribution < -0.4 is 5.73 Å². The predicted octanol–water partition coefficient (Wildman–Crippen LogP) is 1.71. The molecule has 2 N–H and O–H groups in total. The first-order chi connectivity index (χ1) is 9.72. The van der Waals surface area contributed by atoms with Gasteiger partial charge in [0.25, 0.3) is 0 Å². The summed E-state index contributed by atoms with van der Waals surface area (Å²) in [5.74, 6) is 0.888. The minimum Gasteiger partial charge on any atom is -0.337 e. The fraction of sp³-hybridized carbons (Fsp3) is 0.214. The third kappa shape index (κ3) is 2.60. The van der Waals surface area contributed by atoms with Crippen molar-refractivity contribution in [1.29, 1.82) is 0 Å². The summed E-state index contributed by atoms with van der Waals surface area (Å²) in [6, 6.07) is 11.5. The highest BCUT2D eigenvalue weighted by Crippen LogP contribution is 2.18. The normalized spacial score (nSPS) is 12.5. The molecule has 0 radical (unpaired) electrons. The van der Waals surface area contributed by atoms with E-state index >= 15 is 0 Å². The Morgan fingerprint density at radius 1 is 1.25 bits per heavy atom. The first-order valence-electron chi connectivity index (χ1n) is 6.35. The van der Waals surface area contributed by atoms with Gasteiger partial charge < -0.3 is 10.3 Å². The summed E-state index contributed by atoms with van der Waals surface area (Å²) in [6.45, 7) is 0. The van der Waals surface area contributed by atoms with Crippen LogP contribution in [-0.2, 0) is 13.5 Å². The van der Waals surface area contributed by atoms with Gasteiger partial charge in [0, 0.05) is 13.2 Å². The van der Waals surface area contributed by atoms with Gasteiger partial charge in [-0.15, -0.1) is 0 Å². The highest BCUT2D eigenvalue weighted by molar-refractivity contribution is 5.46. The molecule has 0 saturated heterocycles. The number of aryl methyl sites for hydroxylation is 1. The maximum Gasteiger partial charge on any atom is 0.244 e. The Balaban J connectivity index is 1.76. The van der Waals surface area contributed by atoms with Gasteiger partial charge in [-0.1, -0.05) is 35.5 Å². The second kappa shape index (κ2) is 5.26. The zero-order chi connectivity index (χ0) is 13.9. The fourth-order valence-electron chi connectivity index (χ4n) is 1.98. The van der Waals surface area contributed by atoms with Gasteiger partial charge in [-0.05, 0) is 18.1 Å². The minimum atomic E-state index is -0.317. The van der Waals surface area contributed by atoms with Crippen molar-refractivity contribution in [2.75, 3.05) is 0 Å². The van der Waals surface area contributed by atoms with E-state index in [1.165, 1.54) is 0 Å². The van der Waals surface area contributed by atoms with E-state index in [0.717, 1.165) is 5.56 Å². The molecule has 0 fully saturated rings. The SMILES string of the molecule is Cn1ccc(-c2noc([C@@H](N)Cc3ccccc3)n2)n1. The molecule has 0 amide bonds. The Morgan fingerprint density at radius 3 is 2.75 bits per heavy atom. The molecule has 3 aromatic rings. The van der Waals surface area contributed by atoms with Crippen LogP contribution in [0.2, 0.25) is 0 Å². The van der Waals surface area contributed by atoms with Crippen molar-refractivity contribution >= 4 is 0 Å². The monoisotopic (exact) mass is 269 g/mol. The molecule has 3 rings (SSSR count). The number of hydrogen-bond donors (Lipinski definition) is 1. The van der Waals surface area contributed by atoms with Gasteiger partial charge in [-0.3, -0.25) is 4.68 Å². The topological polar surface area (TPSA) is 82.8 Å².